The van der Waals surface area contributed by atoms with Crippen molar-refractivity contribution in [2.75, 3.05) is 13.1 Å². The molecule has 1 N–H and O–H groups in total. The topological polar surface area (TPSA) is 53.2 Å². The van der Waals surface area contributed by atoms with Gasteiger partial charge in [0.1, 0.15) is 5.69 Å². The van der Waals surface area contributed by atoms with Crippen LogP contribution >= 0.6 is 0 Å². The fourth-order valence-electron chi connectivity index (χ4n) is 2.17. The van der Waals surface area contributed by atoms with E-state index in [2.05, 4.69) is 4.98 Å². The Morgan fingerprint density at radius 2 is 1.82 bits per heavy atom. The molecule has 0 aromatic carbocycles. The third-order valence-corrected chi connectivity index (χ3v) is 3.21. The minimum atomic E-state index is -0.0174. The number of aromatic amines is 1. The predicted molar refractivity (Wildman–Crippen MR) is 65.2 cm³/mol. The van der Waals surface area contributed by atoms with Crippen LogP contribution in [0, 0.1) is 0 Å². The quantitative estimate of drug-likeness (QED) is 0.798. The molecule has 92 valence electrons. The van der Waals surface area contributed by atoms with E-state index in [1.54, 1.807) is 12.3 Å². The van der Waals surface area contributed by atoms with E-state index < -0.39 is 0 Å². The largest absolute Gasteiger partial charge is 0.356 e. The molecule has 17 heavy (non-hydrogen) atoms. The molecule has 1 aliphatic heterocycles. The summed E-state index contributed by atoms with van der Waals surface area (Å²) in [4.78, 5) is 28.1. The molecule has 1 fully saturated rings. The maximum absolute atomic E-state index is 12.2. The summed E-state index contributed by atoms with van der Waals surface area (Å²) in [6, 6.07) is 1.65. The van der Waals surface area contributed by atoms with Gasteiger partial charge < -0.3 is 9.88 Å². The van der Waals surface area contributed by atoms with Crippen molar-refractivity contribution in [2.24, 2.45) is 0 Å². The fraction of sp³-hybridized carbons (Fsp3) is 0.538. The van der Waals surface area contributed by atoms with Gasteiger partial charge in [-0.1, -0.05) is 12.8 Å². The van der Waals surface area contributed by atoms with Crippen LogP contribution in [0.15, 0.2) is 12.3 Å². The summed E-state index contributed by atoms with van der Waals surface area (Å²) in [7, 11) is 0. The molecule has 2 rings (SSSR count). The minimum Gasteiger partial charge on any atom is -0.356 e. The van der Waals surface area contributed by atoms with E-state index in [0.717, 1.165) is 25.9 Å². The highest BCUT2D eigenvalue weighted by molar-refractivity contribution is 5.99. The number of nitrogens with one attached hydrogen (secondary N) is 1. The van der Waals surface area contributed by atoms with E-state index in [0.29, 0.717) is 11.3 Å². The number of hydrogen-bond donors (Lipinski definition) is 1. The van der Waals surface area contributed by atoms with Gasteiger partial charge >= 0.3 is 0 Å². The van der Waals surface area contributed by atoms with Gasteiger partial charge in [-0.25, -0.2) is 0 Å². The molecule has 1 aromatic rings. The molecular formula is C13H18N2O2. The maximum Gasteiger partial charge on any atom is 0.270 e. The van der Waals surface area contributed by atoms with Gasteiger partial charge in [0.15, 0.2) is 5.78 Å². The number of carbonyl (C=O) groups is 2. The first kappa shape index (κ1) is 11.9. The zero-order chi connectivity index (χ0) is 12.3. The molecule has 0 aliphatic carbocycles. The molecule has 0 saturated carbocycles. The van der Waals surface area contributed by atoms with Crippen molar-refractivity contribution in [1.29, 1.82) is 0 Å². The highest BCUT2D eigenvalue weighted by Crippen LogP contribution is 2.13. The number of ketones is 1. The molecule has 0 unspecified atom stereocenters. The Kier molecular flexibility index (Phi) is 3.61. The van der Waals surface area contributed by atoms with Crippen molar-refractivity contribution in [1.82, 2.24) is 9.88 Å². The first-order valence-corrected chi connectivity index (χ1v) is 6.17. The average molecular weight is 234 g/mol. The van der Waals surface area contributed by atoms with Crippen LogP contribution in [0.25, 0.3) is 0 Å². The molecule has 1 aromatic heterocycles. The zero-order valence-electron chi connectivity index (χ0n) is 10.2. The van der Waals surface area contributed by atoms with E-state index in [-0.39, 0.29) is 11.7 Å². The number of H-pyrrole nitrogens is 1. The molecule has 1 aliphatic rings. The summed E-state index contributed by atoms with van der Waals surface area (Å²) < 4.78 is 0. The standard InChI is InChI=1S/C13H18N2O2/c1-10(16)11-8-12(14-9-11)13(17)15-6-4-2-3-5-7-15/h8-9,14H,2-7H2,1H3. The first-order chi connectivity index (χ1) is 8.18. The second-order valence-corrected chi connectivity index (χ2v) is 4.56. The lowest BCUT2D eigenvalue weighted by Crippen LogP contribution is -2.32. The molecule has 1 saturated heterocycles. The second-order valence-electron chi connectivity index (χ2n) is 4.56. The van der Waals surface area contributed by atoms with Crippen LogP contribution in [0.2, 0.25) is 0 Å². The summed E-state index contributed by atoms with van der Waals surface area (Å²) in [6.07, 6.45) is 6.16. The van der Waals surface area contributed by atoms with Crippen LogP contribution in [0.4, 0.5) is 0 Å². The summed E-state index contributed by atoms with van der Waals surface area (Å²) in [5.74, 6) is -0.00411. The summed E-state index contributed by atoms with van der Waals surface area (Å²) in [5, 5.41) is 0. The van der Waals surface area contributed by atoms with Crippen LogP contribution < -0.4 is 0 Å². The van der Waals surface area contributed by atoms with Gasteiger partial charge in [-0.3, -0.25) is 9.59 Å². The minimum absolute atomic E-state index is 0.0133. The van der Waals surface area contributed by atoms with E-state index in [9.17, 15) is 9.59 Å². The number of carbonyl (C=O) groups excluding carboxylic acids is 2. The number of likely N-dealkylation sites (tertiary alicyclic amines) is 1. The summed E-state index contributed by atoms with van der Waals surface area (Å²) in [5.41, 5.74) is 1.10. The lowest BCUT2D eigenvalue weighted by atomic mass is 10.2. The smallest absolute Gasteiger partial charge is 0.270 e. The third kappa shape index (κ3) is 2.75. The molecule has 2 heterocycles. The Morgan fingerprint density at radius 3 is 2.35 bits per heavy atom. The van der Waals surface area contributed by atoms with E-state index in [4.69, 9.17) is 0 Å². The normalized spacial score (nSPS) is 16.6. The van der Waals surface area contributed by atoms with E-state index in [1.807, 2.05) is 4.90 Å². The number of rotatable bonds is 2. The first-order valence-electron chi connectivity index (χ1n) is 6.17. The van der Waals surface area contributed by atoms with Gasteiger partial charge in [0, 0.05) is 24.8 Å². The number of nitrogens with zero attached hydrogens (tertiary/aromatic N) is 1. The lowest BCUT2D eigenvalue weighted by Gasteiger charge is -2.19. The highest BCUT2D eigenvalue weighted by Gasteiger charge is 2.19. The van der Waals surface area contributed by atoms with Crippen LogP contribution in [-0.4, -0.2) is 34.7 Å². The number of aromatic nitrogens is 1. The molecule has 0 bridgehead atoms. The van der Waals surface area contributed by atoms with E-state index in [1.165, 1.54) is 19.8 Å². The fourth-order valence-corrected chi connectivity index (χ4v) is 2.17. The maximum atomic E-state index is 12.2. The number of hydrogen-bond acceptors (Lipinski definition) is 2. The second kappa shape index (κ2) is 5.17. The zero-order valence-corrected chi connectivity index (χ0v) is 10.2. The molecule has 0 spiro atoms. The Morgan fingerprint density at radius 1 is 1.18 bits per heavy atom. The molecule has 1 amide bonds. The van der Waals surface area contributed by atoms with Crippen LogP contribution in [0.5, 0.6) is 0 Å². The van der Waals surface area contributed by atoms with Crippen LogP contribution in [-0.2, 0) is 0 Å². The highest BCUT2D eigenvalue weighted by atomic mass is 16.2. The third-order valence-electron chi connectivity index (χ3n) is 3.21. The summed E-state index contributed by atoms with van der Waals surface area (Å²) in [6.45, 7) is 3.16. The molecular weight excluding hydrogens is 216 g/mol. The van der Waals surface area contributed by atoms with Gasteiger partial charge in [-0.15, -0.1) is 0 Å². The Balaban J connectivity index is 2.09. The van der Waals surface area contributed by atoms with Gasteiger partial charge in [0.25, 0.3) is 5.91 Å². The van der Waals surface area contributed by atoms with Crippen molar-refractivity contribution >= 4 is 11.7 Å². The van der Waals surface area contributed by atoms with Gasteiger partial charge in [0.2, 0.25) is 0 Å². The Hall–Kier alpha value is -1.58. The SMILES string of the molecule is CC(=O)c1c[nH]c(C(=O)N2CCCCCC2)c1. The molecule has 4 heteroatoms. The van der Waals surface area contributed by atoms with Gasteiger partial charge in [0.05, 0.1) is 0 Å². The predicted octanol–water partition coefficient (Wildman–Crippen LogP) is 2.23. The summed E-state index contributed by atoms with van der Waals surface area (Å²) >= 11 is 0. The van der Waals surface area contributed by atoms with Gasteiger partial charge in [-0.2, -0.15) is 0 Å². The molecule has 0 radical (unpaired) electrons. The van der Waals surface area contributed by atoms with Crippen molar-refractivity contribution in [3.05, 3.63) is 23.5 Å². The monoisotopic (exact) mass is 234 g/mol. The van der Waals surface area contributed by atoms with E-state index >= 15 is 0 Å². The van der Waals surface area contributed by atoms with Crippen molar-refractivity contribution in [3.8, 4) is 0 Å². The number of amides is 1. The average Bonchev–Trinajstić information content (AvgIpc) is 2.65. The van der Waals surface area contributed by atoms with Crippen molar-refractivity contribution < 1.29 is 9.59 Å². The van der Waals surface area contributed by atoms with Crippen molar-refractivity contribution in [2.45, 2.75) is 32.6 Å². The van der Waals surface area contributed by atoms with Crippen LogP contribution in [0.1, 0.15) is 53.5 Å². The number of Topliss-reactive ketones (excluding diaryl/α,β-unsaturated/α-hetero) is 1. The Labute approximate surface area is 101 Å². The molecule has 4 nitrogen and oxygen atoms in total. The van der Waals surface area contributed by atoms with Crippen LogP contribution in [0.3, 0.4) is 0 Å². The van der Waals surface area contributed by atoms with Gasteiger partial charge in [-0.05, 0) is 25.8 Å². The lowest BCUT2D eigenvalue weighted by molar-refractivity contribution is 0.0756. The molecule has 0 atom stereocenters. The Bertz CT molecular complexity index is 415. The van der Waals surface area contributed by atoms with Crippen molar-refractivity contribution in [3.63, 3.8) is 0 Å².